The maximum atomic E-state index is 6.21. The Morgan fingerprint density at radius 1 is 0.444 bits per heavy atom. The van der Waals surface area contributed by atoms with Crippen LogP contribution in [0.3, 0.4) is 0 Å². The second kappa shape index (κ2) is 5.46. The van der Waals surface area contributed by atoms with Gasteiger partial charge in [-0.05, 0) is 51.6 Å². The first kappa shape index (κ1) is 14.6. The largest absolute Gasteiger partial charge is 0.455 e. The summed E-state index contributed by atoms with van der Waals surface area (Å²) < 4.78 is 6.21. The molecule has 27 heavy (non-hydrogen) atoms. The average molecular weight is 344 g/mol. The molecule has 0 spiro atoms. The van der Waals surface area contributed by atoms with Crippen molar-refractivity contribution in [1.29, 1.82) is 0 Å². The minimum Gasteiger partial charge on any atom is -0.455 e. The highest BCUT2D eigenvalue weighted by molar-refractivity contribution is 6.20. The van der Waals surface area contributed by atoms with Gasteiger partial charge in [0.15, 0.2) is 0 Å². The quantitative estimate of drug-likeness (QED) is 0.280. The third-order valence-corrected chi connectivity index (χ3v) is 5.46. The van der Waals surface area contributed by atoms with E-state index in [1.54, 1.807) is 0 Å². The van der Waals surface area contributed by atoms with E-state index in [0.29, 0.717) is 0 Å². The standard InChI is InChI=1S/C26H16O/c1-2-6-17(7-3-1)18-10-12-20-19(16-18)11-13-23-21(20)14-15-24-22-8-4-5-9-25(22)27-26(23)24/h1-16H. The molecule has 0 unspecified atom stereocenters. The summed E-state index contributed by atoms with van der Waals surface area (Å²) in [6, 6.07) is 34.3. The topological polar surface area (TPSA) is 13.1 Å². The number of hydrogen-bond donors (Lipinski definition) is 0. The van der Waals surface area contributed by atoms with Crippen LogP contribution >= 0.6 is 0 Å². The minimum atomic E-state index is 0.944. The fourth-order valence-electron chi connectivity index (χ4n) is 4.14. The van der Waals surface area contributed by atoms with Gasteiger partial charge in [0, 0.05) is 16.2 Å². The van der Waals surface area contributed by atoms with Gasteiger partial charge in [0.25, 0.3) is 0 Å². The monoisotopic (exact) mass is 344 g/mol. The van der Waals surface area contributed by atoms with Crippen molar-refractivity contribution in [3.05, 3.63) is 97.1 Å². The van der Waals surface area contributed by atoms with E-state index in [2.05, 4.69) is 84.9 Å². The van der Waals surface area contributed by atoms with Crippen LogP contribution in [0.15, 0.2) is 101 Å². The first-order valence-corrected chi connectivity index (χ1v) is 9.21. The molecule has 0 aliphatic carbocycles. The summed E-state index contributed by atoms with van der Waals surface area (Å²) >= 11 is 0. The first-order chi connectivity index (χ1) is 13.4. The summed E-state index contributed by atoms with van der Waals surface area (Å²) in [7, 11) is 0. The van der Waals surface area contributed by atoms with Crippen LogP contribution < -0.4 is 0 Å². The van der Waals surface area contributed by atoms with E-state index in [1.165, 1.54) is 43.4 Å². The van der Waals surface area contributed by atoms with Crippen molar-refractivity contribution in [3.63, 3.8) is 0 Å². The van der Waals surface area contributed by atoms with Crippen LogP contribution in [0.5, 0.6) is 0 Å². The zero-order chi connectivity index (χ0) is 17.8. The maximum Gasteiger partial charge on any atom is 0.143 e. The molecule has 6 aromatic rings. The van der Waals surface area contributed by atoms with Crippen LogP contribution in [0, 0.1) is 0 Å². The third kappa shape index (κ3) is 2.12. The summed E-state index contributed by atoms with van der Waals surface area (Å²) in [6.07, 6.45) is 0. The van der Waals surface area contributed by atoms with Crippen molar-refractivity contribution in [2.45, 2.75) is 0 Å². The normalized spacial score (nSPS) is 11.7. The van der Waals surface area contributed by atoms with E-state index in [4.69, 9.17) is 4.42 Å². The van der Waals surface area contributed by atoms with Gasteiger partial charge in [-0.1, -0.05) is 72.8 Å². The summed E-state index contributed by atoms with van der Waals surface area (Å²) in [4.78, 5) is 0. The first-order valence-electron chi connectivity index (χ1n) is 9.21. The Morgan fingerprint density at radius 2 is 1.15 bits per heavy atom. The molecule has 0 atom stereocenters. The maximum absolute atomic E-state index is 6.21. The van der Waals surface area contributed by atoms with Crippen molar-refractivity contribution in [1.82, 2.24) is 0 Å². The number of furan rings is 1. The van der Waals surface area contributed by atoms with E-state index in [-0.39, 0.29) is 0 Å². The molecule has 0 aliphatic heterocycles. The summed E-state index contributed by atoms with van der Waals surface area (Å²) in [5.74, 6) is 0. The lowest BCUT2D eigenvalue weighted by atomic mass is 9.96. The molecule has 0 fully saturated rings. The molecule has 0 radical (unpaired) electrons. The third-order valence-electron chi connectivity index (χ3n) is 5.46. The molecular weight excluding hydrogens is 328 g/mol. The number of fused-ring (bicyclic) bond motifs is 7. The van der Waals surface area contributed by atoms with Gasteiger partial charge in [0.05, 0.1) is 0 Å². The van der Waals surface area contributed by atoms with Gasteiger partial charge in [-0.3, -0.25) is 0 Å². The molecule has 0 saturated heterocycles. The minimum absolute atomic E-state index is 0.944. The van der Waals surface area contributed by atoms with Crippen LogP contribution in [0.4, 0.5) is 0 Å². The fraction of sp³-hybridized carbons (Fsp3) is 0. The predicted octanol–water partition coefficient (Wildman–Crippen LogP) is 7.56. The zero-order valence-corrected chi connectivity index (χ0v) is 14.6. The van der Waals surface area contributed by atoms with Gasteiger partial charge in [-0.2, -0.15) is 0 Å². The predicted molar refractivity (Wildman–Crippen MR) is 114 cm³/mol. The Balaban J connectivity index is 1.66. The molecule has 5 aromatic carbocycles. The van der Waals surface area contributed by atoms with Gasteiger partial charge in [0.2, 0.25) is 0 Å². The Hall–Kier alpha value is -3.58. The molecule has 126 valence electrons. The molecule has 0 saturated carbocycles. The van der Waals surface area contributed by atoms with Crippen molar-refractivity contribution in [3.8, 4) is 11.1 Å². The van der Waals surface area contributed by atoms with Crippen LogP contribution in [-0.2, 0) is 0 Å². The molecule has 1 heterocycles. The summed E-state index contributed by atoms with van der Waals surface area (Å²) in [6.45, 7) is 0. The summed E-state index contributed by atoms with van der Waals surface area (Å²) in [5.41, 5.74) is 4.40. The Kier molecular flexibility index (Phi) is 2.95. The molecular formula is C26H16O. The molecule has 6 rings (SSSR count). The lowest BCUT2D eigenvalue weighted by Gasteiger charge is -2.07. The van der Waals surface area contributed by atoms with E-state index in [0.717, 1.165) is 11.2 Å². The summed E-state index contributed by atoms with van der Waals surface area (Å²) in [5, 5.41) is 7.27. The van der Waals surface area contributed by atoms with Gasteiger partial charge >= 0.3 is 0 Å². The number of hydrogen-bond acceptors (Lipinski definition) is 1. The van der Waals surface area contributed by atoms with E-state index >= 15 is 0 Å². The highest BCUT2D eigenvalue weighted by Gasteiger charge is 2.11. The van der Waals surface area contributed by atoms with Crippen molar-refractivity contribution in [2.24, 2.45) is 0 Å². The average Bonchev–Trinajstić information content (AvgIpc) is 3.13. The van der Waals surface area contributed by atoms with E-state index in [9.17, 15) is 0 Å². The van der Waals surface area contributed by atoms with Gasteiger partial charge in [0.1, 0.15) is 11.2 Å². The molecule has 0 amide bonds. The zero-order valence-electron chi connectivity index (χ0n) is 14.6. The fourth-order valence-corrected chi connectivity index (χ4v) is 4.14. The lowest BCUT2D eigenvalue weighted by molar-refractivity contribution is 0.672. The van der Waals surface area contributed by atoms with Crippen LogP contribution in [0.25, 0.3) is 54.6 Å². The van der Waals surface area contributed by atoms with Crippen molar-refractivity contribution in [2.75, 3.05) is 0 Å². The molecule has 0 bridgehead atoms. The second-order valence-corrected chi connectivity index (χ2v) is 7.00. The Labute approximate surface area is 156 Å². The molecule has 1 heteroatoms. The van der Waals surface area contributed by atoms with Crippen molar-refractivity contribution >= 4 is 43.5 Å². The van der Waals surface area contributed by atoms with E-state index < -0.39 is 0 Å². The van der Waals surface area contributed by atoms with Gasteiger partial charge < -0.3 is 4.42 Å². The molecule has 0 aliphatic rings. The van der Waals surface area contributed by atoms with Crippen LogP contribution in [-0.4, -0.2) is 0 Å². The number of para-hydroxylation sites is 1. The van der Waals surface area contributed by atoms with Crippen molar-refractivity contribution < 1.29 is 4.42 Å². The van der Waals surface area contributed by atoms with Gasteiger partial charge in [-0.15, -0.1) is 0 Å². The Bertz CT molecular complexity index is 1460. The highest BCUT2D eigenvalue weighted by atomic mass is 16.3. The van der Waals surface area contributed by atoms with Crippen LogP contribution in [0.2, 0.25) is 0 Å². The Morgan fingerprint density at radius 3 is 2.07 bits per heavy atom. The van der Waals surface area contributed by atoms with E-state index in [1.807, 2.05) is 12.1 Å². The molecule has 1 nitrogen and oxygen atoms in total. The van der Waals surface area contributed by atoms with Gasteiger partial charge in [-0.25, -0.2) is 0 Å². The molecule has 1 aromatic heterocycles. The number of benzene rings is 5. The van der Waals surface area contributed by atoms with Crippen LogP contribution in [0.1, 0.15) is 0 Å². The highest BCUT2D eigenvalue weighted by Crippen LogP contribution is 2.37. The molecule has 0 N–H and O–H groups in total. The second-order valence-electron chi connectivity index (χ2n) is 7.00. The smallest absolute Gasteiger partial charge is 0.143 e. The number of rotatable bonds is 1. The SMILES string of the molecule is c1ccc(-c2ccc3c(ccc4c3ccc3c5ccccc5oc34)c2)cc1. The lowest BCUT2D eigenvalue weighted by Crippen LogP contribution is -1.81.